The van der Waals surface area contributed by atoms with Gasteiger partial charge in [-0.25, -0.2) is 0 Å². The number of carbonyl (C=O) groups excluding carboxylic acids is 3. The Kier molecular flexibility index (Phi) is 38.7. The highest BCUT2D eigenvalue weighted by Crippen LogP contribution is 2.12. The molecule has 0 amide bonds. The van der Waals surface area contributed by atoms with Crippen molar-refractivity contribution >= 4 is 17.9 Å². The maximum atomic E-state index is 12.5. The average molecular weight is 737 g/mol. The van der Waals surface area contributed by atoms with Gasteiger partial charge >= 0.3 is 17.9 Å². The van der Waals surface area contributed by atoms with Gasteiger partial charge in [0.2, 0.25) is 0 Å². The molecule has 0 radical (unpaired) electrons. The molecule has 0 aromatic carbocycles. The van der Waals surface area contributed by atoms with Crippen molar-refractivity contribution in [3.05, 3.63) is 85.1 Å². The standard InChI is InChI=1S/C47H76O6/c1-4-7-10-13-16-19-20-21-22-23-24-25-26-29-31-34-37-40-46(49)52-43-44(53-47(50)41-38-35-32-28-18-15-12-9-6-3)42-51-45(48)39-36-33-30-27-17-14-11-8-5-2/h8-9,11-12,17-18,21-22,27-28,33,35-36,38,44H,4-7,10,13-16,19-20,23-26,29-32,34,37,39-43H2,1-3H3/b11-8-,12-9-,22-21-,27-17-,28-18-,36-33-,38-35-. The van der Waals surface area contributed by atoms with Gasteiger partial charge in [0.05, 0.1) is 12.8 Å². The van der Waals surface area contributed by atoms with E-state index in [4.69, 9.17) is 14.2 Å². The molecule has 300 valence electrons. The minimum absolute atomic E-state index is 0.0857. The number of esters is 3. The van der Waals surface area contributed by atoms with E-state index < -0.39 is 18.0 Å². The molecule has 0 aliphatic heterocycles. The van der Waals surface area contributed by atoms with Crippen LogP contribution in [0.4, 0.5) is 0 Å². The largest absolute Gasteiger partial charge is 0.462 e. The summed E-state index contributed by atoms with van der Waals surface area (Å²) in [6.07, 6.45) is 52.1. The van der Waals surface area contributed by atoms with Crippen molar-refractivity contribution in [2.75, 3.05) is 13.2 Å². The summed E-state index contributed by atoms with van der Waals surface area (Å²) in [4.78, 5) is 37.4. The van der Waals surface area contributed by atoms with E-state index in [1.54, 1.807) is 12.2 Å². The average Bonchev–Trinajstić information content (AvgIpc) is 3.15. The van der Waals surface area contributed by atoms with Crippen molar-refractivity contribution in [3.63, 3.8) is 0 Å². The highest BCUT2D eigenvalue weighted by molar-refractivity contribution is 5.72. The van der Waals surface area contributed by atoms with Crippen LogP contribution in [0.5, 0.6) is 0 Å². The predicted molar refractivity (Wildman–Crippen MR) is 224 cm³/mol. The van der Waals surface area contributed by atoms with Gasteiger partial charge in [-0.05, 0) is 70.6 Å². The molecule has 0 fully saturated rings. The summed E-state index contributed by atoms with van der Waals surface area (Å²) < 4.78 is 16.4. The Labute approximate surface area is 325 Å². The number of rotatable bonds is 36. The quantitative estimate of drug-likeness (QED) is 0.0276. The van der Waals surface area contributed by atoms with Crippen molar-refractivity contribution in [2.45, 2.75) is 181 Å². The van der Waals surface area contributed by atoms with Crippen molar-refractivity contribution in [1.82, 2.24) is 0 Å². The highest BCUT2D eigenvalue weighted by Gasteiger charge is 2.19. The maximum absolute atomic E-state index is 12.5. The zero-order valence-electron chi connectivity index (χ0n) is 34.0. The Balaban J connectivity index is 4.44. The lowest BCUT2D eigenvalue weighted by Gasteiger charge is -2.17. The van der Waals surface area contributed by atoms with E-state index in [2.05, 4.69) is 81.5 Å². The minimum Gasteiger partial charge on any atom is -0.462 e. The molecule has 6 heteroatoms. The van der Waals surface area contributed by atoms with E-state index in [1.807, 2.05) is 12.2 Å². The Morgan fingerprint density at radius 2 is 0.811 bits per heavy atom. The number of carbonyl (C=O) groups is 3. The zero-order chi connectivity index (χ0) is 38.7. The van der Waals surface area contributed by atoms with Crippen LogP contribution in [-0.2, 0) is 28.6 Å². The molecule has 0 aliphatic rings. The fourth-order valence-electron chi connectivity index (χ4n) is 5.32. The number of ether oxygens (including phenoxy) is 3. The minimum atomic E-state index is -0.859. The number of allylic oxidation sites excluding steroid dienone is 12. The zero-order valence-corrected chi connectivity index (χ0v) is 34.0. The molecule has 0 bridgehead atoms. The third-order valence-electron chi connectivity index (χ3n) is 8.43. The SMILES string of the molecule is CC/C=C\C/C=C\C/C=C\CC(=O)OCC(COC(=O)CCCCCCCCC/C=C\CCCCCCCC)OC(=O)C/C=C\C/C=C\C/C=C\CC. The van der Waals surface area contributed by atoms with Gasteiger partial charge in [0.25, 0.3) is 0 Å². The first-order chi connectivity index (χ1) is 26.0. The van der Waals surface area contributed by atoms with Gasteiger partial charge in [-0.15, -0.1) is 0 Å². The molecule has 0 N–H and O–H groups in total. The van der Waals surface area contributed by atoms with Gasteiger partial charge in [-0.2, -0.15) is 0 Å². The van der Waals surface area contributed by atoms with E-state index in [0.29, 0.717) is 6.42 Å². The topological polar surface area (TPSA) is 78.9 Å². The molecule has 0 saturated heterocycles. The van der Waals surface area contributed by atoms with Gasteiger partial charge in [0.15, 0.2) is 6.10 Å². The van der Waals surface area contributed by atoms with E-state index in [-0.39, 0.29) is 32.0 Å². The molecule has 6 nitrogen and oxygen atoms in total. The third kappa shape index (κ3) is 39.6. The van der Waals surface area contributed by atoms with E-state index in [9.17, 15) is 14.4 Å². The lowest BCUT2D eigenvalue weighted by molar-refractivity contribution is -0.166. The predicted octanol–water partition coefficient (Wildman–Crippen LogP) is 13.3. The Morgan fingerprint density at radius 3 is 1.30 bits per heavy atom. The smallest absolute Gasteiger partial charge is 0.310 e. The molecule has 0 rings (SSSR count). The molecule has 53 heavy (non-hydrogen) atoms. The molecule has 0 aromatic rings. The third-order valence-corrected chi connectivity index (χ3v) is 8.43. The molecule has 0 spiro atoms. The first-order valence-electron chi connectivity index (χ1n) is 21.1. The number of hydrogen-bond acceptors (Lipinski definition) is 6. The molecule has 0 saturated carbocycles. The van der Waals surface area contributed by atoms with Crippen LogP contribution >= 0.6 is 0 Å². The second-order valence-corrected chi connectivity index (χ2v) is 13.5. The molecular weight excluding hydrogens is 661 g/mol. The maximum Gasteiger partial charge on any atom is 0.310 e. The fraction of sp³-hybridized carbons (Fsp3) is 0.638. The first-order valence-corrected chi connectivity index (χ1v) is 21.1. The molecular formula is C47H76O6. The van der Waals surface area contributed by atoms with Crippen LogP contribution < -0.4 is 0 Å². The summed E-state index contributed by atoms with van der Waals surface area (Å²) >= 11 is 0. The normalized spacial score (nSPS) is 12.9. The highest BCUT2D eigenvalue weighted by atomic mass is 16.6. The van der Waals surface area contributed by atoms with E-state index >= 15 is 0 Å². The van der Waals surface area contributed by atoms with E-state index in [1.165, 1.54) is 77.0 Å². The first kappa shape index (κ1) is 49.6. The summed E-state index contributed by atoms with van der Waals surface area (Å²) in [7, 11) is 0. The fourth-order valence-corrected chi connectivity index (χ4v) is 5.32. The van der Waals surface area contributed by atoms with Gasteiger partial charge in [0, 0.05) is 6.42 Å². The Hall–Kier alpha value is -3.41. The van der Waals surface area contributed by atoms with Crippen molar-refractivity contribution in [1.29, 1.82) is 0 Å². The molecule has 0 heterocycles. The van der Waals surface area contributed by atoms with Gasteiger partial charge in [-0.3, -0.25) is 14.4 Å². The monoisotopic (exact) mass is 737 g/mol. The Bertz CT molecular complexity index is 1080. The molecule has 0 aromatic heterocycles. The van der Waals surface area contributed by atoms with Gasteiger partial charge in [-0.1, -0.05) is 170 Å². The van der Waals surface area contributed by atoms with E-state index in [0.717, 1.165) is 57.8 Å². The molecule has 1 atom stereocenters. The summed E-state index contributed by atoms with van der Waals surface area (Å²) in [5.41, 5.74) is 0. The summed E-state index contributed by atoms with van der Waals surface area (Å²) in [6.45, 7) is 6.17. The van der Waals surface area contributed by atoms with Crippen LogP contribution in [0.15, 0.2) is 85.1 Å². The van der Waals surface area contributed by atoms with Crippen LogP contribution in [0.3, 0.4) is 0 Å². The molecule has 1 unspecified atom stereocenters. The van der Waals surface area contributed by atoms with Gasteiger partial charge < -0.3 is 14.2 Å². The summed E-state index contributed by atoms with van der Waals surface area (Å²) in [5.74, 6) is -1.21. The Morgan fingerprint density at radius 1 is 0.415 bits per heavy atom. The van der Waals surface area contributed by atoms with Crippen LogP contribution in [0.2, 0.25) is 0 Å². The lowest BCUT2D eigenvalue weighted by Crippen LogP contribution is -2.30. The van der Waals surface area contributed by atoms with Crippen LogP contribution in [-0.4, -0.2) is 37.2 Å². The van der Waals surface area contributed by atoms with Crippen LogP contribution in [0.25, 0.3) is 0 Å². The van der Waals surface area contributed by atoms with Crippen molar-refractivity contribution in [3.8, 4) is 0 Å². The molecule has 0 aliphatic carbocycles. The van der Waals surface area contributed by atoms with Crippen LogP contribution in [0.1, 0.15) is 175 Å². The second-order valence-electron chi connectivity index (χ2n) is 13.5. The van der Waals surface area contributed by atoms with Crippen LogP contribution in [0, 0.1) is 0 Å². The van der Waals surface area contributed by atoms with Crippen molar-refractivity contribution < 1.29 is 28.6 Å². The van der Waals surface area contributed by atoms with Gasteiger partial charge in [0.1, 0.15) is 13.2 Å². The summed E-state index contributed by atoms with van der Waals surface area (Å²) in [6, 6.07) is 0. The number of unbranched alkanes of at least 4 members (excludes halogenated alkanes) is 13. The number of hydrogen-bond donors (Lipinski definition) is 0. The lowest BCUT2D eigenvalue weighted by atomic mass is 10.1. The van der Waals surface area contributed by atoms with Crippen molar-refractivity contribution in [2.24, 2.45) is 0 Å². The second kappa shape index (κ2) is 41.3. The summed E-state index contributed by atoms with van der Waals surface area (Å²) in [5, 5.41) is 0.